The second-order valence-electron chi connectivity index (χ2n) is 5.35. The Morgan fingerprint density at radius 1 is 1.33 bits per heavy atom. The number of hydrogen-bond acceptors (Lipinski definition) is 5. The Kier molecular flexibility index (Phi) is 6.16. The van der Waals surface area contributed by atoms with Crippen molar-refractivity contribution in [2.45, 2.75) is 6.54 Å². The molecule has 7 nitrogen and oxygen atoms in total. The first kappa shape index (κ1) is 15.9. The van der Waals surface area contributed by atoms with Crippen molar-refractivity contribution >= 4 is 5.91 Å². The number of carbonyl (C=O) groups excluding carboxylic acids is 1. The van der Waals surface area contributed by atoms with Crippen LogP contribution in [0, 0.1) is 0 Å². The molecule has 1 fully saturated rings. The first-order valence-electron chi connectivity index (χ1n) is 7.35. The zero-order valence-electron chi connectivity index (χ0n) is 12.9. The fourth-order valence-electron chi connectivity index (χ4n) is 2.41. The molecule has 1 aromatic rings. The summed E-state index contributed by atoms with van der Waals surface area (Å²) in [6.45, 7) is 6.26. The lowest BCUT2D eigenvalue weighted by atomic mass is 10.3. The van der Waals surface area contributed by atoms with Crippen molar-refractivity contribution in [2.24, 2.45) is 7.05 Å². The highest BCUT2D eigenvalue weighted by molar-refractivity contribution is 5.77. The second-order valence-corrected chi connectivity index (χ2v) is 5.35. The van der Waals surface area contributed by atoms with Crippen molar-refractivity contribution in [2.75, 3.05) is 53.0 Å². The number of aryl methyl sites for hydroxylation is 1. The molecule has 1 aliphatic heterocycles. The fraction of sp³-hybridized carbons (Fsp3) is 0.714. The number of amides is 1. The third-order valence-electron chi connectivity index (χ3n) is 3.75. The summed E-state index contributed by atoms with van der Waals surface area (Å²) in [7, 11) is 3.65. The Labute approximate surface area is 125 Å². The lowest BCUT2D eigenvalue weighted by molar-refractivity contribution is -0.122. The molecule has 7 heteroatoms. The second kappa shape index (κ2) is 8.11. The molecule has 2 rings (SSSR count). The van der Waals surface area contributed by atoms with E-state index in [4.69, 9.17) is 4.74 Å². The largest absolute Gasteiger partial charge is 0.383 e. The average molecular weight is 295 g/mol. The molecule has 1 amide bonds. The first-order valence-corrected chi connectivity index (χ1v) is 7.35. The van der Waals surface area contributed by atoms with Gasteiger partial charge in [-0.25, -0.2) is 4.98 Å². The van der Waals surface area contributed by atoms with E-state index in [1.54, 1.807) is 7.11 Å². The minimum atomic E-state index is 0.0737. The highest BCUT2D eigenvalue weighted by Gasteiger charge is 2.19. The lowest BCUT2D eigenvalue weighted by Gasteiger charge is -2.34. The van der Waals surface area contributed by atoms with Gasteiger partial charge in [-0.05, 0) is 0 Å². The lowest BCUT2D eigenvalue weighted by Crippen LogP contribution is -2.49. The van der Waals surface area contributed by atoms with Crippen molar-refractivity contribution < 1.29 is 9.53 Å². The molecule has 0 unspecified atom stereocenters. The molecule has 21 heavy (non-hydrogen) atoms. The number of nitrogens with zero attached hydrogens (tertiary/aromatic N) is 4. The molecule has 0 saturated carbocycles. The normalized spacial score (nSPS) is 17.0. The third kappa shape index (κ3) is 5.11. The Bertz CT molecular complexity index is 440. The van der Waals surface area contributed by atoms with Crippen molar-refractivity contribution in [3.63, 3.8) is 0 Å². The van der Waals surface area contributed by atoms with Crippen LogP contribution in [0.15, 0.2) is 12.4 Å². The molecular weight excluding hydrogens is 270 g/mol. The van der Waals surface area contributed by atoms with Gasteiger partial charge in [0, 0.05) is 59.3 Å². The molecule has 0 radical (unpaired) electrons. The number of imidazole rings is 1. The summed E-state index contributed by atoms with van der Waals surface area (Å²) in [5.41, 5.74) is 0. The van der Waals surface area contributed by atoms with Crippen LogP contribution in [0.25, 0.3) is 0 Å². The molecule has 118 valence electrons. The number of hydrogen-bond donors (Lipinski definition) is 1. The summed E-state index contributed by atoms with van der Waals surface area (Å²) in [5.74, 6) is 1.16. The summed E-state index contributed by atoms with van der Waals surface area (Å²) in [4.78, 5) is 20.7. The molecular formula is C14H25N5O2. The van der Waals surface area contributed by atoms with Gasteiger partial charge in [-0.1, -0.05) is 0 Å². The molecule has 1 aliphatic rings. The van der Waals surface area contributed by atoms with E-state index in [2.05, 4.69) is 24.7 Å². The van der Waals surface area contributed by atoms with Crippen LogP contribution >= 0.6 is 0 Å². The molecule has 0 aliphatic carbocycles. The van der Waals surface area contributed by atoms with Crippen molar-refractivity contribution in [1.82, 2.24) is 24.7 Å². The number of nitrogens with one attached hydrogen (secondary N) is 1. The molecule has 2 heterocycles. The van der Waals surface area contributed by atoms with E-state index < -0.39 is 0 Å². The maximum Gasteiger partial charge on any atom is 0.234 e. The maximum absolute atomic E-state index is 11.7. The number of methoxy groups -OCH3 is 1. The fourth-order valence-corrected chi connectivity index (χ4v) is 2.41. The van der Waals surface area contributed by atoms with Crippen LogP contribution in [0.1, 0.15) is 5.82 Å². The quantitative estimate of drug-likeness (QED) is 0.674. The van der Waals surface area contributed by atoms with Gasteiger partial charge in [-0.15, -0.1) is 0 Å². The van der Waals surface area contributed by atoms with Crippen LogP contribution in [-0.2, 0) is 23.1 Å². The van der Waals surface area contributed by atoms with Gasteiger partial charge in [-0.3, -0.25) is 14.6 Å². The Hall–Kier alpha value is -1.44. The standard InChI is InChI=1S/C14H25N5O2/c1-17-5-3-15-13(17)11-18-6-8-19(9-7-18)12-14(20)16-4-10-21-2/h3,5H,4,6-12H2,1-2H3,(H,16,20). The molecule has 0 atom stereocenters. The van der Waals surface area contributed by atoms with Gasteiger partial charge in [-0.2, -0.15) is 0 Å². The van der Waals surface area contributed by atoms with Gasteiger partial charge in [0.2, 0.25) is 5.91 Å². The van der Waals surface area contributed by atoms with Crippen LogP contribution in [0.3, 0.4) is 0 Å². The summed E-state index contributed by atoms with van der Waals surface area (Å²) in [6, 6.07) is 0. The highest BCUT2D eigenvalue weighted by Crippen LogP contribution is 2.06. The Morgan fingerprint density at radius 2 is 2.05 bits per heavy atom. The summed E-state index contributed by atoms with van der Waals surface area (Å²) in [6.07, 6.45) is 3.80. The topological polar surface area (TPSA) is 62.6 Å². The van der Waals surface area contributed by atoms with E-state index in [9.17, 15) is 4.79 Å². The van der Waals surface area contributed by atoms with E-state index >= 15 is 0 Å². The predicted molar refractivity (Wildman–Crippen MR) is 79.8 cm³/mol. The predicted octanol–water partition coefficient (Wildman–Crippen LogP) is -0.700. The number of aromatic nitrogens is 2. The SMILES string of the molecule is COCCNC(=O)CN1CCN(Cc2nccn2C)CC1. The first-order chi connectivity index (χ1) is 10.2. The molecule has 0 aromatic carbocycles. The number of piperazine rings is 1. The van der Waals surface area contributed by atoms with Crippen LogP contribution in [0.4, 0.5) is 0 Å². The van der Waals surface area contributed by atoms with Gasteiger partial charge in [0.05, 0.1) is 19.7 Å². The van der Waals surface area contributed by atoms with Gasteiger partial charge < -0.3 is 14.6 Å². The van der Waals surface area contributed by atoms with Crippen molar-refractivity contribution in [1.29, 1.82) is 0 Å². The zero-order chi connectivity index (χ0) is 15.1. The minimum Gasteiger partial charge on any atom is -0.383 e. The minimum absolute atomic E-state index is 0.0737. The summed E-state index contributed by atoms with van der Waals surface area (Å²) < 4.78 is 6.96. The molecule has 0 bridgehead atoms. The molecule has 1 saturated heterocycles. The van der Waals surface area contributed by atoms with E-state index in [0.717, 1.165) is 38.5 Å². The number of rotatable bonds is 7. The number of ether oxygens (including phenoxy) is 1. The van der Waals surface area contributed by atoms with E-state index in [-0.39, 0.29) is 5.91 Å². The monoisotopic (exact) mass is 295 g/mol. The highest BCUT2D eigenvalue weighted by atomic mass is 16.5. The van der Waals surface area contributed by atoms with Crippen molar-refractivity contribution in [3.05, 3.63) is 18.2 Å². The third-order valence-corrected chi connectivity index (χ3v) is 3.75. The Balaban J connectivity index is 1.66. The molecule has 0 spiro atoms. The summed E-state index contributed by atoms with van der Waals surface area (Å²) in [5, 5.41) is 2.85. The van der Waals surface area contributed by atoms with Crippen LogP contribution in [0.2, 0.25) is 0 Å². The Morgan fingerprint density at radius 3 is 2.67 bits per heavy atom. The average Bonchev–Trinajstić information content (AvgIpc) is 2.87. The maximum atomic E-state index is 11.7. The van der Waals surface area contributed by atoms with Crippen LogP contribution < -0.4 is 5.32 Å². The van der Waals surface area contributed by atoms with Gasteiger partial charge in [0.25, 0.3) is 0 Å². The summed E-state index contributed by atoms with van der Waals surface area (Å²) >= 11 is 0. The van der Waals surface area contributed by atoms with Crippen LogP contribution in [-0.4, -0.2) is 78.2 Å². The molecule has 1 N–H and O–H groups in total. The number of carbonyl (C=O) groups is 1. The van der Waals surface area contributed by atoms with Gasteiger partial charge in [0.15, 0.2) is 0 Å². The van der Waals surface area contributed by atoms with E-state index in [1.807, 2.05) is 19.4 Å². The van der Waals surface area contributed by atoms with E-state index in [0.29, 0.717) is 19.7 Å². The van der Waals surface area contributed by atoms with Crippen LogP contribution in [0.5, 0.6) is 0 Å². The van der Waals surface area contributed by atoms with E-state index in [1.165, 1.54) is 0 Å². The van der Waals surface area contributed by atoms with Gasteiger partial charge >= 0.3 is 0 Å². The molecule has 1 aromatic heterocycles. The smallest absolute Gasteiger partial charge is 0.234 e. The van der Waals surface area contributed by atoms with Crippen molar-refractivity contribution in [3.8, 4) is 0 Å². The van der Waals surface area contributed by atoms with Gasteiger partial charge in [0.1, 0.15) is 5.82 Å². The zero-order valence-corrected chi connectivity index (χ0v) is 12.9.